The van der Waals surface area contributed by atoms with Crippen LogP contribution < -0.4 is 10.6 Å². The predicted molar refractivity (Wildman–Crippen MR) is 98.4 cm³/mol. The Morgan fingerprint density at radius 2 is 2.00 bits per heavy atom. The highest BCUT2D eigenvalue weighted by molar-refractivity contribution is 6.12. The number of nitrogens with zero attached hydrogens (tertiary/aromatic N) is 1. The van der Waals surface area contributed by atoms with Gasteiger partial charge in [0.1, 0.15) is 5.54 Å². The second kappa shape index (κ2) is 6.18. The first-order valence-electron chi connectivity index (χ1n) is 9.45. The van der Waals surface area contributed by atoms with Crippen LogP contribution in [0.4, 0.5) is 10.5 Å². The maximum atomic E-state index is 13.0. The number of urea groups is 1. The number of hydrogen-bond acceptors (Lipinski definition) is 4. The summed E-state index contributed by atoms with van der Waals surface area (Å²) in [5.41, 5.74) is 1.00. The van der Waals surface area contributed by atoms with Crippen LogP contribution in [0.1, 0.15) is 61.4 Å². The van der Waals surface area contributed by atoms with Gasteiger partial charge in [0.05, 0.1) is 12.5 Å². The van der Waals surface area contributed by atoms with Crippen LogP contribution in [0.15, 0.2) is 18.2 Å². The van der Waals surface area contributed by atoms with E-state index in [0.717, 1.165) is 29.7 Å². The van der Waals surface area contributed by atoms with Crippen molar-refractivity contribution in [3.05, 3.63) is 29.3 Å². The maximum Gasteiger partial charge on any atom is 0.325 e. The van der Waals surface area contributed by atoms with E-state index < -0.39 is 11.6 Å². The topological polar surface area (TPSA) is 95.6 Å². The Morgan fingerprint density at radius 3 is 2.74 bits per heavy atom. The van der Waals surface area contributed by atoms with Crippen molar-refractivity contribution in [3.8, 4) is 0 Å². The number of ketones is 1. The van der Waals surface area contributed by atoms with Crippen molar-refractivity contribution >= 4 is 29.3 Å². The number of rotatable bonds is 3. The van der Waals surface area contributed by atoms with E-state index >= 15 is 0 Å². The van der Waals surface area contributed by atoms with Crippen molar-refractivity contribution in [2.24, 2.45) is 5.92 Å². The lowest BCUT2D eigenvalue weighted by Crippen LogP contribution is -2.54. The number of Topliss-reactive ketones (excluding diaryl/α,β-unsaturated/α-hetero) is 1. The van der Waals surface area contributed by atoms with E-state index in [0.29, 0.717) is 17.7 Å². The molecular weight excluding hydrogens is 346 g/mol. The average molecular weight is 369 g/mol. The normalized spacial score (nSPS) is 29.7. The minimum atomic E-state index is -0.863. The highest BCUT2D eigenvalue weighted by Gasteiger charge is 2.55. The van der Waals surface area contributed by atoms with Crippen molar-refractivity contribution in [2.75, 3.05) is 11.9 Å². The molecule has 0 unspecified atom stereocenters. The number of nitrogens with one attached hydrogen (secondary N) is 2. The molecule has 2 heterocycles. The smallest absolute Gasteiger partial charge is 0.325 e. The number of benzene rings is 1. The van der Waals surface area contributed by atoms with E-state index in [9.17, 15) is 19.2 Å². The molecule has 3 atom stereocenters. The third-order valence-corrected chi connectivity index (χ3v) is 6.29. The van der Waals surface area contributed by atoms with Gasteiger partial charge in [0.25, 0.3) is 5.91 Å². The molecule has 1 spiro atoms. The van der Waals surface area contributed by atoms with Gasteiger partial charge in [-0.05, 0) is 49.4 Å². The zero-order valence-electron chi connectivity index (χ0n) is 15.5. The van der Waals surface area contributed by atoms with E-state index in [1.54, 1.807) is 25.1 Å². The molecule has 1 aromatic carbocycles. The minimum absolute atomic E-state index is 0.0562. The number of fused-ring (bicyclic) bond motifs is 1. The Morgan fingerprint density at radius 1 is 1.22 bits per heavy atom. The summed E-state index contributed by atoms with van der Waals surface area (Å²) in [5, 5.41) is 5.63. The molecule has 7 nitrogen and oxygen atoms in total. The summed E-state index contributed by atoms with van der Waals surface area (Å²) in [6.07, 6.45) is 3.44. The van der Waals surface area contributed by atoms with Crippen molar-refractivity contribution in [3.63, 3.8) is 0 Å². The minimum Gasteiger partial charge on any atom is -0.325 e. The molecule has 0 aromatic heterocycles. The monoisotopic (exact) mass is 369 g/mol. The maximum absolute atomic E-state index is 13.0. The molecule has 0 bridgehead atoms. The fourth-order valence-electron chi connectivity index (χ4n) is 4.46. The lowest BCUT2D eigenvalue weighted by Gasteiger charge is -2.36. The number of amides is 4. The number of carbonyl (C=O) groups excluding carboxylic acids is 4. The van der Waals surface area contributed by atoms with Gasteiger partial charge >= 0.3 is 6.03 Å². The van der Waals surface area contributed by atoms with Crippen molar-refractivity contribution in [2.45, 2.75) is 51.0 Å². The van der Waals surface area contributed by atoms with Gasteiger partial charge < -0.3 is 10.6 Å². The Balaban J connectivity index is 1.54. The number of imide groups is 1. The highest BCUT2D eigenvalue weighted by Crippen LogP contribution is 2.38. The first-order chi connectivity index (χ1) is 12.8. The van der Waals surface area contributed by atoms with E-state index in [1.165, 1.54) is 0 Å². The Kier molecular flexibility index (Phi) is 4.05. The summed E-state index contributed by atoms with van der Waals surface area (Å²) in [6.45, 7) is 3.48. The average Bonchev–Trinajstić information content (AvgIpc) is 3.06. The molecule has 7 heteroatoms. The zero-order valence-corrected chi connectivity index (χ0v) is 15.5. The second-order valence-electron chi connectivity index (χ2n) is 7.88. The lowest BCUT2D eigenvalue weighted by molar-refractivity contribution is -0.133. The number of carbonyl (C=O) groups is 4. The Hall–Kier alpha value is -2.70. The third kappa shape index (κ3) is 2.64. The van der Waals surface area contributed by atoms with Gasteiger partial charge in [-0.3, -0.25) is 19.3 Å². The van der Waals surface area contributed by atoms with E-state index in [2.05, 4.69) is 10.6 Å². The van der Waals surface area contributed by atoms with Gasteiger partial charge in [0.2, 0.25) is 5.91 Å². The predicted octanol–water partition coefficient (Wildman–Crippen LogP) is 2.43. The van der Waals surface area contributed by atoms with E-state index in [1.807, 2.05) is 6.92 Å². The molecule has 2 fully saturated rings. The molecule has 1 aliphatic carbocycles. The summed E-state index contributed by atoms with van der Waals surface area (Å²) in [7, 11) is 0. The van der Waals surface area contributed by atoms with Gasteiger partial charge in [0.15, 0.2) is 5.78 Å². The van der Waals surface area contributed by atoms with E-state index in [4.69, 9.17) is 0 Å². The summed E-state index contributed by atoms with van der Waals surface area (Å²) in [6, 6.07) is 4.50. The molecule has 1 saturated carbocycles. The van der Waals surface area contributed by atoms with E-state index in [-0.39, 0.29) is 36.0 Å². The molecule has 27 heavy (non-hydrogen) atoms. The third-order valence-electron chi connectivity index (χ3n) is 6.29. The fourth-order valence-corrected chi connectivity index (χ4v) is 4.46. The zero-order chi connectivity index (χ0) is 19.3. The standard InChI is InChI=1S/C20H23N3O4/c1-11-5-3-4-8-20(11)18(26)23(19(27)22-20)10-16(24)13-6-7-15-14(9-13)12(2)17(25)21-15/h6-7,9,11-12H,3-5,8,10H2,1-2H3,(H,21,25)(H,22,27)/t11-,12-,20+/m0/s1. The van der Waals surface area contributed by atoms with Crippen LogP contribution in [0.2, 0.25) is 0 Å². The van der Waals surface area contributed by atoms with Gasteiger partial charge in [-0.15, -0.1) is 0 Å². The first-order valence-corrected chi connectivity index (χ1v) is 9.45. The SMILES string of the molecule is C[C@@H]1C(=O)Nc2ccc(C(=O)CN3C(=O)N[C@@]4(CCCC[C@@H]4C)C3=O)cc21. The molecular formula is C20H23N3O4. The molecule has 3 aliphatic rings. The van der Waals surface area contributed by atoms with Gasteiger partial charge in [-0.2, -0.15) is 0 Å². The van der Waals surface area contributed by atoms with Crippen LogP contribution in [0.5, 0.6) is 0 Å². The van der Waals surface area contributed by atoms with Gasteiger partial charge in [-0.25, -0.2) is 4.79 Å². The van der Waals surface area contributed by atoms with Crippen molar-refractivity contribution < 1.29 is 19.2 Å². The molecule has 2 aliphatic heterocycles. The van der Waals surface area contributed by atoms with Crippen LogP contribution in [-0.4, -0.2) is 40.6 Å². The van der Waals surface area contributed by atoms with Crippen LogP contribution in [0.3, 0.4) is 0 Å². The molecule has 4 rings (SSSR count). The van der Waals surface area contributed by atoms with Crippen LogP contribution in [0, 0.1) is 5.92 Å². The van der Waals surface area contributed by atoms with Gasteiger partial charge in [-0.1, -0.05) is 19.8 Å². The quantitative estimate of drug-likeness (QED) is 0.632. The molecule has 0 radical (unpaired) electrons. The molecule has 1 saturated heterocycles. The summed E-state index contributed by atoms with van der Waals surface area (Å²) in [4.78, 5) is 51.0. The van der Waals surface area contributed by atoms with Crippen molar-refractivity contribution in [1.29, 1.82) is 0 Å². The summed E-state index contributed by atoms with van der Waals surface area (Å²) in [5.74, 6) is -0.971. The number of anilines is 1. The largest absolute Gasteiger partial charge is 0.325 e. The molecule has 4 amide bonds. The molecule has 2 N–H and O–H groups in total. The Labute approximate surface area is 157 Å². The first kappa shape index (κ1) is 17.7. The van der Waals surface area contributed by atoms with Crippen LogP contribution >= 0.6 is 0 Å². The van der Waals surface area contributed by atoms with Crippen LogP contribution in [-0.2, 0) is 9.59 Å². The second-order valence-corrected chi connectivity index (χ2v) is 7.88. The fraction of sp³-hybridized carbons (Fsp3) is 0.500. The summed E-state index contributed by atoms with van der Waals surface area (Å²) >= 11 is 0. The van der Waals surface area contributed by atoms with Gasteiger partial charge in [0, 0.05) is 11.3 Å². The Bertz CT molecular complexity index is 865. The van der Waals surface area contributed by atoms with Crippen molar-refractivity contribution in [1.82, 2.24) is 10.2 Å². The highest BCUT2D eigenvalue weighted by atomic mass is 16.2. The molecule has 142 valence electrons. The lowest BCUT2D eigenvalue weighted by atomic mass is 9.73. The number of hydrogen-bond donors (Lipinski definition) is 2. The molecule has 1 aromatic rings. The van der Waals surface area contributed by atoms with Crippen LogP contribution in [0.25, 0.3) is 0 Å². The summed E-state index contributed by atoms with van der Waals surface area (Å²) < 4.78 is 0.